The Kier molecular flexibility index (Phi) is 5.04. The normalized spacial score (nSPS) is 9.50. The van der Waals surface area contributed by atoms with E-state index in [9.17, 15) is 4.39 Å². The second-order valence-electron chi connectivity index (χ2n) is 3.51. The molecule has 0 spiro atoms. The van der Waals surface area contributed by atoms with Crippen molar-refractivity contribution in [3.63, 3.8) is 0 Å². The van der Waals surface area contributed by atoms with Crippen LogP contribution in [0.2, 0.25) is 0 Å². The van der Waals surface area contributed by atoms with E-state index in [4.69, 9.17) is 10.0 Å². The predicted octanol–water partition coefficient (Wildman–Crippen LogP) is 1.05. The fourth-order valence-corrected chi connectivity index (χ4v) is 1.28. The smallest absolute Gasteiger partial charge is 0.423 e. The maximum Gasteiger partial charge on any atom is 0.489 e. The Balaban J connectivity index is 2.89. The van der Waals surface area contributed by atoms with Crippen molar-refractivity contribution in [3.8, 4) is 11.8 Å². The van der Waals surface area contributed by atoms with E-state index in [0.29, 0.717) is 5.56 Å². The van der Waals surface area contributed by atoms with Crippen LogP contribution in [-0.2, 0) is 0 Å². The molecule has 2 nitrogen and oxygen atoms in total. The van der Waals surface area contributed by atoms with E-state index in [2.05, 4.69) is 18.8 Å². The maximum atomic E-state index is 12.9. The van der Waals surface area contributed by atoms with Gasteiger partial charge in [-0.1, -0.05) is 25.2 Å². The molecule has 0 saturated carbocycles. The Hall–Kier alpha value is -1.31. The molecule has 0 aliphatic carbocycles. The fraction of sp³-hybridized carbons (Fsp3) is 0.333. The van der Waals surface area contributed by atoms with E-state index in [-0.39, 0.29) is 5.46 Å². The van der Waals surface area contributed by atoms with Gasteiger partial charge in [0.15, 0.2) is 0 Å². The Labute approximate surface area is 95.3 Å². The number of benzene rings is 1. The minimum absolute atomic E-state index is 0.115. The van der Waals surface area contributed by atoms with Crippen molar-refractivity contribution >= 4 is 12.6 Å². The summed E-state index contributed by atoms with van der Waals surface area (Å²) >= 11 is 0. The van der Waals surface area contributed by atoms with Gasteiger partial charge in [0.05, 0.1) is 0 Å². The molecule has 0 atom stereocenters. The maximum absolute atomic E-state index is 12.9. The molecule has 1 aromatic carbocycles. The van der Waals surface area contributed by atoms with Crippen molar-refractivity contribution < 1.29 is 14.4 Å². The predicted molar refractivity (Wildman–Crippen MR) is 62.6 cm³/mol. The molecule has 1 rings (SSSR count). The summed E-state index contributed by atoms with van der Waals surface area (Å²) in [6.45, 7) is 2.07. The summed E-state index contributed by atoms with van der Waals surface area (Å²) in [6.07, 6.45) is 2.83. The lowest BCUT2D eigenvalue weighted by Crippen LogP contribution is -2.32. The zero-order chi connectivity index (χ0) is 12.0. The van der Waals surface area contributed by atoms with E-state index in [1.54, 1.807) is 0 Å². The monoisotopic (exact) mass is 220 g/mol. The van der Waals surface area contributed by atoms with Crippen LogP contribution in [0, 0.1) is 17.7 Å². The number of hydrogen-bond donors (Lipinski definition) is 2. The molecule has 84 valence electrons. The van der Waals surface area contributed by atoms with Crippen LogP contribution in [-0.4, -0.2) is 17.2 Å². The van der Waals surface area contributed by atoms with Crippen molar-refractivity contribution in [3.05, 3.63) is 29.6 Å². The minimum Gasteiger partial charge on any atom is -0.423 e. The average Bonchev–Trinajstić information content (AvgIpc) is 2.26. The van der Waals surface area contributed by atoms with Gasteiger partial charge in [-0.05, 0) is 24.6 Å². The molecule has 0 unspecified atom stereocenters. The van der Waals surface area contributed by atoms with E-state index in [1.807, 2.05) is 0 Å². The second kappa shape index (κ2) is 6.31. The number of rotatable bonds is 3. The first-order chi connectivity index (χ1) is 7.65. The molecule has 0 bridgehead atoms. The molecular weight excluding hydrogens is 206 g/mol. The van der Waals surface area contributed by atoms with Crippen LogP contribution in [0.1, 0.15) is 31.7 Å². The quantitative estimate of drug-likeness (QED) is 0.454. The molecule has 2 N–H and O–H groups in total. The van der Waals surface area contributed by atoms with Crippen molar-refractivity contribution in [1.29, 1.82) is 0 Å². The van der Waals surface area contributed by atoms with Crippen LogP contribution in [0.5, 0.6) is 0 Å². The van der Waals surface area contributed by atoms with Crippen LogP contribution in [0.4, 0.5) is 4.39 Å². The highest BCUT2D eigenvalue weighted by molar-refractivity contribution is 6.59. The summed E-state index contributed by atoms with van der Waals surface area (Å²) in [4.78, 5) is 0. The number of hydrogen-bond acceptors (Lipinski definition) is 2. The van der Waals surface area contributed by atoms with Crippen molar-refractivity contribution in [2.75, 3.05) is 0 Å². The lowest BCUT2D eigenvalue weighted by molar-refractivity contribution is 0.425. The molecule has 0 aliphatic rings. The molecule has 0 aromatic heterocycles. The Morgan fingerprint density at radius 1 is 1.38 bits per heavy atom. The molecule has 0 aliphatic heterocycles. The summed E-state index contributed by atoms with van der Waals surface area (Å²) in [6, 6.07) is 3.81. The largest absolute Gasteiger partial charge is 0.489 e. The molecule has 16 heavy (non-hydrogen) atoms. The standard InChI is InChI=1S/C12H14BFO2/c1-2-3-4-5-6-10-7-8-11(14)9-12(10)13(15)16/h7-9,15-16H,2-4H2,1H3. The minimum atomic E-state index is -1.69. The average molecular weight is 220 g/mol. The van der Waals surface area contributed by atoms with Crippen LogP contribution in [0.25, 0.3) is 0 Å². The van der Waals surface area contributed by atoms with Gasteiger partial charge >= 0.3 is 7.12 Å². The van der Waals surface area contributed by atoms with Gasteiger partial charge in [-0.3, -0.25) is 0 Å². The summed E-state index contributed by atoms with van der Waals surface area (Å²) in [5.74, 6) is 5.24. The zero-order valence-corrected chi connectivity index (χ0v) is 9.20. The Morgan fingerprint density at radius 2 is 2.12 bits per heavy atom. The van der Waals surface area contributed by atoms with Gasteiger partial charge in [-0.2, -0.15) is 0 Å². The highest BCUT2D eigenvalue weighted by Crippen LogP contribution is 2.00. The zero-order valence-electron chi connectivity index (χ0n) is 9.20. The van der Waals surface area contributed by atoms with E-state index in [1.165, 1.54) is 12.1 Å². The van der Waals surface area contributed by atoms with Crippen molar-refractivity contribution in [1.82, 2.24) is 0 Å². The third kappa shape index (κ3) is 3.69. The summed E-state index contributed by atoms with van der Waals surface area (Å²) in [5, 5.41) is 18.1. The summed E-state index contributed by atoms with van der Waals surface area (Å²) < 4.78 is 12.9. The van der Waals surface area contributed by atoms with Crippen LogP contribution in [0.3, 0.4) is 0 Å². The summed E-state index contributed by atoms with van der Waals surface area (Å²) in [7, 11) is -1.69. The number of halogens is 1. The van der Waals surface area contributed by atoms with E-state index >= 15 is 0 Å². The molecule has 0 amide bonds. The van der Waals surface area contributed by atoms with E-state index < -0.39 is 12.9 Å². The van der Waals surface area contributed by atoms with Gasteiger partial charge in [-0.25, -0.2) is 4.39 Å². The molecular formula is C12H14BFO2. The lowest BCUT2D eigenvalue weighted by Gasteiger charge is -2.02. The molecule has 0 saturated heterocycles. The van der Waals surface area contributed by atoms with Gasteiger partial charge in [0.1, 0.15) is 5.82 Å². The lowest BCUT2D eigenvalue weighted by atomic mass is 9.77. The van der Waals surface area contributed by atoms with Crippen molar-refractivity contribution in [2.24, 2.45) is 0 Å². The van der Waals surface area contributed by atoms with Crippen LogP contribution < -0.4 is 5.46 Å². The molecule has 1 aromatic rings. The van der Waals surface area contributed by atoms with Gasteiger partial charge < -0.3 is 10.0 Å². The number of unbranched alkanes of at least 4 members (excludes halogenated alkanes) is 2. The summed E-state index contributed by atoms with van der Waals surface area (Å²) in [5.41, 5.74) is 0.580. The highest BCUT2D eigenvalue weighted by atomic mass is 19.1. The fourth-order valence-electron chi connectivity index (χ4n) is 1.28. The third-order valence-corrected chi connectivity index (χ3v) is 2.17. The third-order valence-electron chi connectivity index (χ3n) is 2.17. The topological polar surface area (TPSA) is 40.5 Å². The van der Waals surface area contributed by atoms with Crippen LogP contribution >= 0.6 is 0 Å². The molecule has 0 fully saturated rings. The van der Waals surface area contributed by atoms with Crippen LogP contribution in [0.15, 0.2) is 18.2 Å². The Bertz CT molecular complexity index is 407. The molecule has 0 radical (unpaired) electrons. The first-order valence-electron chi connectivity index (χ1n) is 5.29. The first kappa shape index (κ1) is 12.8. The SMILES string of the molecule is CCCCC#Cc1ccc(F)cc1B(O)O. The van der Waals surface area contributed by atoms with Crippen molar-refractivity contribution in [2.45, 2.75) is 26.2 Å². The molecule has 0 heterocycles. The van der Waals surface area contributed by atoms with Gasteiger partial charge in [0, 0.05) is 17.4 Å². The molecule has 4 heteroatoms. The first-order valence-corrected chi connectivity index (χ1v) is 5.29. The highest BCUT2D eigenvalue weighted by Gasteiger charge is 2.15. The Morgan fingerprint density at radius 3 is 2.75 bits per heavy atom. The van der Waals surface area contributed by atoms with Gasteiger partial charge in [-0.15, -0.1) is 0 Å². The van der Waals surface area contributed by atoms with E-state index in [0.717, 1.165) is 25.3 Å². The van der Waals surface area contributed by atoms with Gasteiger partial charge in [0.25, 0.3) is 0 Å². The second-order valence-corrected chi connectivity index (χ2v) is 3.51. The van der Waals surface area contributed by atoms with Gasteiger partial charge in [0.2, 0.25) is 0 Å².